The first-order valence-electron chi connectivity index (χ1n) is 4.27. The third-order valence-corrected chi connectivity index (χ3v) is 2.00. The van der Waals surface area contributed by atoms with Gasteiger partial charge in [0.05, 0.1) is 0 Å². The first-order chi connectivity index (χ1) is 7.16. The lowest BCUT2D eigenvalue weighted by molar-refractivity contribution is 0.628. The van der Waals surface area contributed by atoms with Crippen LogP contribution in [-0.2, 0) is 0 Å². The lowest BCUT2D eigenvalue weighted by atomic mass is 10.1. The summed E-state index contributed by atoms with van der Waals surface area (Å²) in [6.45, 7) is 0. The lowest BCUT2D eigenvalue weighted by Crippen LogP contribution is -2.12. The molecule has 0 fully saturated rings. The molecular weight excluding hydrogens is 197 g/mol. The molecule has 0 spiro atoms. The van der Waals surface area contributed by atoms with E-state index in [4.69, 9.17) is 5.73 Å². The third-order valence-electron chi connectivity index (χ3n) is 2.00. The summed E-state index contributed by atoms with van der Waals surface area (Å²) in [6.07, 6.45) is 1.36. The number of rotatable bonds is 1. The predicted molar refractivity (Wildman–Crippen MR) is 54.7 cm³/mol. The van der Waals surface area contributed by atoms with Crippen molar-refractivity contribution in [2.45, 2.75) is 0 Å². The van der Waals surface area contributed by atoms with E-state index in [1.807, 2.05) is 0 Å². The molecule has 2 aromatic rings. The van der Waals surface area contributed by atoms with Crippen molar-refractivity contribution in [3.05, 3.63) is 46.8 Å². The van der Waals surface area contributed by atoms with Crippen molar-refractivity contribution in [1.82, 2.24) is 9.97 Å². The standard InChI is InChI=1S/C10H8FN3O/c11-7-3-1-6(2-4-7)8-5-13-10(15)14-9(8)12/h1-5H,(H3,12,13,14,15). The van der Waals surface area contributed by atoms with E-state index in [-0.39, 0.29) is 11.6 Å². The molecule has 1 aromatic heterocycles. The highest BCUT2D eigenvalue weighted by Gasteiger charge is 2.03. The second-order valence-corrected chi connectivity index (χ2v) is 3.02. The first kappa shape index (κ1) is 9.39. The highest BCUT2D eigenvalue weighted by Crippen LogP contribution is 2.21. The second-order valence-electron chi connectivity index (χ2n) is 3.02. The Morgan fingerprint density at radius 2 is 1.93 bits per heavy atom. The van der Waals surface area contributed by atoms with Gasteiger partial charge in [-0.25, -0.2) is 14.2 Å². The molecular formula is C10H8FN3O. The largest absolute Gasteiger partial charge is 0.385 e. The van der Waals surface area contributed by atoms with E-state index < -0.39 is 5.69 Å². The van der Waals surface area contributed by atoms with Crippen LogP contribution in [0.5, 0.6) is 0 Å². The Kier molecular flexibility index (Phi) is 2.21. The van der Waals surface area contributed by atoms with E-state index in [9.17, 15) is 9.18 Å². The lowest BCUT2D eigenvalue weighted by Gasteiger charge is -2.03. The van der Waals surface area contributed by atoms with Gasteiger partial charge in [-0.2, -0.15) is 0 Å². The topological polar surface area (TPSA) is 71.8 Å². The molecule has 5 heteroatoms. The van der Waals surface area contributed by atoms with E-state index in [0.29, 0.717) is 11.1 Å². The second kappa shape index (κ2) is 3.53. The van der Waals surface area contributed by atoms with Crippen LogP contribution in [0, 0.1) is 5.82 Å². The number of aromatic nitrogens is 2. The fourth-order valence-corrected chi connectivity index (χ4v) is 1.27. The number of nitrogens with one attached hydrogen (secondary N) is 1. The maximum atomic E-state index is 12.7. The number of hydrogen-bond donors (Lipinski definition) is 2. The Labute approximate surface area is 84.6 Å². The zero-order valence-electron chi connectivity index (χ0n) is 7.70. The van der Waals surface area contributed by atoms with Crippen molar-refractivity contribution in [3.8, 4) is 11.1 Å². The Balaban J connectivity index is 2.54. The van der Waals surface area contributed by atoms with Gasteiger partial charge in [-0.3, -0.25) is 4.98 Å². The predicted octanol–water partition coefficient (Wildman–Crippen LogP) is 1.16. The number of aromatic amines is 1. The Morgan fingerprint density at radius 1 is 1.27 bits per heavy atom. The van der Waals surface area contributed by atoms with Crippen LogP contribution in [0.25, 0.3) is 11.1 Å². The number of nitrogens with zero attached hydrogens (tertiary/aromatic N) is 1. The van der Waals surface area contributed by atoms with Gasteiger partial charge in [0.1, 0.15) is 11.6 Å². The number of anilines is 1. The molecule has 3 N–H and O–H groups in total. The van der Waals surface area contributed by atoms with Crippen molar-refractivity contribution in [1.29, 1.82) is 0 Å². The molecule has 0 radical (unpaired) electrons. The van der Waals surface area contributed by atoms with Crippen LogP contribution in [-0.4, -0.2) is 9.97 Å². The fourth-order valence-electron chi connectivity index (χ4n) is 1.27. The van der Waals surface area contributed by atoms with Gasteiger partial charge in [0.15, 0.2) is 0 Å². The van der Waals surface area contributed by atoms with E-state index in [1.165, 1.54) is 18.3 Å². The normalized spacial score (nSPS) is 10.2. The molecule has 0 saturated carbocycles. The summed E-state index contributed by atoms with van der Waals surface area (Å²) in [4.78, 5) is 16.7. The van der Waals surface area contributed by atoms with Crippen molar-refractivity contribution >= 4 is 5.82 Å². The maximum Gasteiger partial charge on any atom is 0.346 e. The zero-order valence-corrected chi connectivity index (χ0v) is 7.70. The molecule has 15 heavy (non-hydrogen) atoms. The van der Waals surface area contributed by atoms with Crippen molar-refractivity contribution in [2.75, 3.05) is 5.73 Å². The van der Waals surface area contributed by atoms with Gasteiger partial charge >= 0.3 is 5.69 Å². The summed E-state index contributed by atoms with van der Waals surface area (Å²) in [6, 6.07) is 5.78. The van der Waals surface area contributed by atoms with Gasteiger partial charge in [-0.15, -0.1) is 0 Å². The number of H-pyrrole nitrogens is 1. The summed E-state index contributed by atoms with van der Waals surface area (Å²) >= 11 is 0. The summed E-state index contributed by atoms with van der Waals surface area (Å²) in [5, 5.41) is 0. The van der Waals surface area contributed by atoms with Gasteiger partial charge in [-0.1, -0.05) is 12.1 Å². The van der Waals surface area contributed by atoms with E-state index in [2.05, 4.69) is 9.97 Å². The zero-order chi connectivity index (χ0) is 10.8. The minimum atomic E-state index is -0.502. The summed E-state index contributed by atoms with van der Waals surface area (Å²) in [5.74, 6) is -0.101. The van der Waals surface area contributed by atoms with Gasteiger partial charge in [0.2, 0.25) is 0 Å². The molecule has 0 amide bonds. The van der Waals surface area contributed by atoms with Crippen LogP contribution in [0.2, 0.25) is 0 Å². The molecule has 0 bridgehead atoms. The van der Waals surface area contributed by atoms with Crippen LogP contribution < -0.4 is 11.4 Å². The fraction of sp³-hybridized carbons (Fsp3) is 0. The van der Waals surface area contributed by atoms with Crippen LogP contribution in [0.4, 0.5) is 10.2 Å². The summed E-state index contributed by atoms with van der Waals surface area (Å²) < 4.78 is 12.7. The molecule has 76 valence electrons. The van der Waals surface area contributed by atoms with Gasteiger partial charge in [0, 0.05) is 11.8 Å². The average Bonchev–Trinajstić information content (AvgIpc) is 2.20. The van der Waals surface area contributed by atoms with Gasteiger partial charge < -0.3 is 5.73 Å². The van der Waals surface area contributed by atoms with E-state index in [0.717, 1.165) is 0 Å². The summed E-state index contributed by atoms with van der Waals surface area (Å²) in [5.41, 5.74) is 6.39. The minimum Gasteiger partial charge on any atom is -0.385 e. The quantitative estimate of drug-likeness (QED) is 0.733. The van der Waals surface area contributed by atoms with Crippen LogP contribution in [0.1, 0.15) is 0 Å². The van der Waals surface area contributed by atoms with Crippen LogP contribution >= 0.6 is 0 Å². The first-order valence-corrected chi connectivity index (χ1v) is 4.27. The molecule has 0 aliphatic heterocycles. The van der Waals surface area contributed by atoms with Gasteiger partial charge in [0.25, 0.3) is 0 Å². The smallest absolute Gasteiger partial charge is 0.346 e. The molecule has 1 aromatic carbocycles. The molecule has 0 aliphatic carbocycles. The van der Waals surface area contributed by atoms with Crippen molar-refractivity contribution < 1.29 is 4.39 Å². The average molecular weight is 205 g/mol. The Morgan fingerprint density at radius 3 is 2.53 bits per heavy atom. The molecule has 0 unspecified atom stereocenters. The molecule has 4 nitrogen and oxygen atoms in total. The molecule has 1 heterocycles. The number of halogens is 1. The van der Waals surface area contributed by atoms with E-state index in [1.54, 1.807) is 12.1 Å². The molecule has 0 atom stereocenters. The molecule has 0 saturated heterocycles. The number of benzene rings is 1. The Bertz CT molecular complexity index is 533. The number of nitrogen functional groups attached to an aromatic ring is 1. The van der Waals surface area contributed by atoms with Crippen molar-refractivity contribution in [3.63, 3.8) is 0 Å². The summed E-state index contributed by atoms with van der Waals surface area (Å²) in [7, 11) is 0. The minimum absolute atomic E-state index is 0.224. The maximum absolute atomic E-state index is 12.7. The number of hydrogen-bond acceptors (Lipinski definition) is 3. The number of nitrogens with two attached hydrogens (primary N) is 1. The van der Waals surface area contributed by atoms with Crippen molar-refractivity contribution in [2.24, 2.45) is 0 Å². The highest BCUT2D eigenvalue weighted by molar-refractivity contribution is 5.72. The monoisotopic (exact) mass is 205 g/mol. The SMILES string of the molecule is Nc1[nH]c(=O)ncc1-c1ccc(F)cc1. The van der Waals surface area contributed by atoms with Crippen LogP contribution in [0.3, 0.4) is 0 Å². The van der Waals surface area contributed by atoms with Crippen LogP contribution in [0.15, 0.2) is 35.3 Å². The third kappa shape index (κ3) is 1.85. The van der Waals surface area contributed by atoms with Gasteiger partial charge in [-0.05, 0) is 17.7 Å². The van der Waals surface area contributed by atoms with E-state index >= 15 is 0 Å². The Hall–Kier alpha value is -2.17. The molecule has 0 aliphatic rings. The molecule has 2 rings (SSSR count). The highest BCUT2D eigenvalue weighted by atomic mass is 19.1.